The molecule has 1 amide bonds. The van der Waals surface area contributed by atoms with Crippen LogP contribution in [0, 0.1) is 0 Å². The number of imidazole rings is 1. The molecule has 28 heavy (non-hydrogen) atoms. The van der Waals surface area contributed by atoms with Crippen LogP contribution in [0.2, 0.25) is 0 Å². The number of fused-ring (bicyclic) bond motifs is 1. The molecule has 0 aliphatic carbocycles. The number of hydrogen-bond acceptors (Lipinski definition) is 3. The number of rotatable bonds is 5. The van der Waals surface area contributed by atoms with Gasteiger partial charge in [0.1, 0.15) is 28.3 Å². The first kappa shape index (κ1) is 18.1. The summed E-state index contributed by atoms with van der Waals surface area (Å²) in [5.74, 6) is 0.962. The highest BCUT2D eigenvalue weighted by molar-refractivity contribution is 6.32. The third-order valence-electron chi connectivity index (χ3n) is 4.44. The number of nitrogens with zero attached hydrogens (tertiary/aromatic N) is 2. The van der Waals surface area contributed by atoms with Gasteiger partial charge in [0.2, 0.25) is 5.91 Å². The molecular formula is C22H18ClN3O2. The molecule has 5 nitrogen and oxygen atoms in total. The van der Waals surface area contributed by atoms with Gasteiger partial charge in [-0.15, -0.1) is 11.6 Å². The highest BCUT2D eigenvalue weighted by Gasteiger charge is 2.22. The van der Waals surface area contributed by atoms with Crippen LogP contribution in [0.4, 0.5) is 5.82 Å². The number of methoxy groups -OCH3 is 1. The van der Waals surface area contributed by atoms with Crippen molar-refractivity contribution in [3.05, 3.63) is 84.6 Å². The predicted molar refractivity (Wildman–Crippen MR) is 111 cm³/mol. The minimum absolute atomic E-state index is 0.317. The standard InChI is InChI=1S/C22H18ClN3O2/c1-28-17-11-7-10-16(14-17)20-21(26-13-6-5-12-18(26)24-20)25-22(27)19(23)15-8-3-2-4-9-15/h2-14,19H,1H3,(H,25,27)/t19-/m1/s1. The van der Waals surface area contributed by atoms with E-state index in [1.807, 2.05) is 83.4 Å². The van der Waals surface area contributed by atoms with Crippen molar-refractivity contribution in [3.8, 4) is 17.0 Å². The lowest BCUT2D eigenvalue weighted by atomic mass is 10.1. The lowest BCUT2D eigenvalue weighted by molar-refractivity contribution is -0.116. The first-order valence-corrected chi connectivity index (χ1v) is 9.22. The molecule has 2 aromatic carbocycles. The van der Waals surface area contributed by atoms with Gasteiger partial charge in [-0.3, -0.25) is 9.20 Å². The Hall–Kier alpha value is -3.31. The van der Waals surface area contributed by atoms with E-state index < -0.39 is 5.38 Å². The fourth-order valence-corrected chi connectivity index (χ4v) is 3.24. The maximum absolute atomic E-state index is 12.9. The molecule has 4 rings (SSSR count). The van der Waals surface area contributed by atoms with Gasteiger partial charge in [0.05, 0.1) is 7.11 Å². The first-order valence-electron chi connectivity index (χ1n) is 8.79. The van der Waals surface area contributed by atoms with E-state index in [2.05, 4.69) is 5.32 Å². The van der Waals surface area contributed by atoms with E-state index >= 15 is 0 Å². The second-order valence-corrected chi connectivity index (χ2v) is 6.67. The Morgan fingerprint density at radius 2 is 1.86 bits per heavy atom. The Morgan fingerprint density at radius 3 is 2.64 bits per heavy atom. The summed E-state index contributed by atoms with van der Waals surface area (Å²) in [6.07, 6.45) is 1.85. The van der Waals surface area contributed by atoms with Crippen molar-refractivity contribution in [1.29, 1.82) is 0 Å². The fraction of sp³-hybridized carbons (Fsp3) is 0.0909. The molecule has 2 heterocycles. The lowest BCUT2D eigenvalue weighted by Gasteiger charge is -2.12. The van der Waals surface area contributed by atoms with Gasteiger partial charge < -0.3 is 10.1 Å². The number of ether oxygens (including phenoxy) is 1. The van der Waals surface area contributed by atoms with Crippen LogP contribution in [0.3, 0.4) is 0 Å². The zero-order chi connectivity index (χ0) is 19.5. The molecular weight excluding hydrogens is 374 g/mol. The highest BCUT2D eigenvalue weighted by Crippen LogP contribution is 2.32. The molecule has 4 aromatic rings. The van der Waals surface area contributed by atoms with E-state index in [9.17, 15) is 4.79 Å². The van der Waals surface area contributed by atoms with Crippen LogP contribution < -0.4 is 10.1 Å². The molecule has 0 unspecified atom stereocenters. The Morgan fingerprint density at radius 1 is 1.07 bits per heavy atom. The molecule has 0 aliphatic heterocycles. The van der Waals surface area contributed by atoms with Crippen LogP contribution in [0.25, 0.3) is 16.9 Å². The Bertz CT molecular complexity index is 1130. The summed E-state index contributed by atoms with van der Waals surface area (Å²) in [6, 6.07) is 22.5. The van der Waals surface area contributed by atoms with Crippen LogP contribution >= 0.6 is 11.6 Å². The number of carbonyl (C=O) groups excluding carboxylic acids is 1. The minimum Gasteiger partial charge on any atom is -0.497 e. The van der Waals surface area contributed by atoms with Gasteiger partial charge in [-0.1, -0.05) is 48.5 Å². The summed E-state index contributed by atoms with van der Waals surface area (Å²) >= 11 is 6.41. The second kappa shape index (κ2) is 7.74. The van der Waals surface area contributed by atoms with Gasteiger partial charge in [0, 0.05) is 11.8 Å². The smallest absolute Gasteiger partial charge is 0.248 e. The first-order chi connectivity index (χ1) is 13.7. The van der Waals surface area contributed by atoms with E-state index in [-0.39, 0.29) is 5.91 Å². The number of nitrogens with one attached hydrogen (secondary N) is 1. The molecule has 0 radical (unpaired) electrons. The third kappa shape index (κ3) is 3.44. The normalized spacial score (nSPS) is 11.9. The molecule has 1 N–H and O–H groups in total. The predicted octanol–water partition coefficient (Wildman–Crippen LogP) is 4.93. The van der Waals surface area contributed by atoms with Gasteiger partial charge in [0.25, 0.3) is 0 Å². The van der Waals surface area contributed by atoms with Crippen molar-refractivity contribution in [2.45, 2.75) is 5.38 Å². The molecule has 140 valence electrons. The number of aromatic nitrogens is 2. The third-order valence-corrected chi connectivity index (χ3v) is 4.89. The molecule has 2 aromatic heterocycles. The zero-order valence-electron chi connectivity index (χ0n) is 15.2. The van der Waals surface area contributed by atoms with Crippen molar-refractivity contribution < 1.29 is 9.53 Å². The SMILES string of the molecule is COc1cccc(-c2nc3ccccn3c2NC(=O)[C@H](Cl)c2ccccc2)c1. The monoisotopic (exact) mass is 391 g/mol. The van der Waals surface area contributed by atoms with Crippen LogP contribution in [0.1, 0.15) is 10.9 Å². The number of anilines is 1. The summed E-state index contributed by atoms with van der Waals surface area (Å²) in [5.41, 5.74) is 2.94. The number of pyridine rings is 1. The molecule has 6 heteroatoms. The van der Waals surface area contributed by atoms with Gasteiger partial charge >= 0.3 is 0 Å². The largest absolute Gasteiger partial charge is 0.497 e. The number of benzene rings is 2. The van der Waals surface area contributed by atoms with Gasteiger partial charge in [0.15, 0.2) is 0 Å². The number of halogens is 1. The van der Waals surface area contributed by atoms with Crippen LogP contribution in [-0.4, -0.2) is 22.4 Å². The summed E-state index contributed by atoms with van der Waals surface area (Å²) in [6.45, 7) is 0. The van der Waals surface area contributed by atoms with Gasteiger partial charge in [-0.25, -0.2) is 4.98 Å². The Labute approximate surface area is 167 Å². The maximum atomic E-state index is 12.9. The Balaban J connectivity index is 1.76. The van der Waals surface area contributed by atoms with Crippen LogP contribution in [0.15, 0.2) is 79.0 Å². The maximum Gasteiger partial charge on any atom is 0.248 e. The average molecular weight is 392 g/mol. The van der Waals surface area contributed by atoms with Crippen molar-refractivity contribution in [2.75, 3.05) is 12.4 Å². The van der Waals surface area contributed by atoms with E-state index in [4.69, 9.17) is 21.3 Å². The van der Waals surface area contributed by atoms with E-state index in [1.54, 1.807) is 7.11 Å². The second-order valence-electron chi connectivity index (χ2n) is 6.23. The van der Waals surface area contributed by atoms with Crippen molar-refractivity contribution in [3.63, 3.8) is 0 Å². The Kier molecular flexibility index (Phi) is 5.00. The van der Waals surface area contributed by atoms with Gasteiger partial charge in [-0.2, -0.15) is 0 Å². The molecule has 0 saturated carbocycles. The molecule has 0 bridgehead atoms. The number of hydrogen-bond donors (Lipinski definition) is 1. The number of alkyl halides is 1. The van der Waals surface area contributed by atoms with Crippen molar-refractivity contribution in [1.82, 2.24) is 9.38 Å². The van der Waals surface area contributed by atoms with Crippen LogP contribution in [-0.2, 0) is 4.79 Å². The fourth-order valence-electron chi connectivity index (χ4n) is 3.04. The molecule has 0 saturated heterocycles. The van der Waals surface area contributed by atoms with Crippen molar-refractivity contribution in [2.24, 2.45) is 0 Å². The topological polar surface area (TPSA) is 55.6 Å². The van der Waals surface area contributed by atoms with E-state index in [0.29, 0.717) is 17.3 Å². The average Bonchev–Trinajstić information content (AvgIpc) is 3.12. The zero-order valence-corrected chi connectivity index (χ0v) is 15.9. The molecule has 0 spiro atoms. The van der Waals surface area contributed by atoms with E-state index in [0.717, 1.165) is 16.8 Å². The quantitative estimate of drug-likeness (QED) is 0.491. The highest BCUT2D eigenvalue weighted by atomic mass is 35.5. The molecule has 0 aliphatic rings. The molecule has 0 fully saturated rings. The summed E-state index contributed by atoms with van der Waals surface area (Å²) in [4.78, 5) is 17.5. The summed E-state index contributed by atoms with van der Waals surface area (Å²) in [5, 5.41) is 2.15. The van der Waals surface area contributed by atoms with E-state index in [1.165, 1.54) is 0 Å². The van der Waals surface area contributed by atoms with Crippen LogP contribution in [0.5, 0.6) is 5.75 Å². The van der Waals surface area contributed by atoms with Crippen molar-refractivity contribution >= 4 is 29.0 Å². The summed E-state index contributed by atoms with van der Waals surface area (Å²) < 4.78 is 7.16. The molecule has 1 atom stereocenters. The van der Waals surface area contributed by atoms with Gasteiger partial charge in [-0.05, 0) is 29.8 Å². The lowest BCUT2D eigenvalue weighted by Crippen LogP contribution is -2.18. The number of carbonyl (C=O) groups is 1. The number of amides is 1. The summed E-state index contributed by atoms with van der Waals surface area (Å²) in [7, 11) is 1.61. The minimum atomic E-state index is -0.811.